The molecule has 0 saturated carbocycles. The summed E-state index contributed by atoms with van der Waals surface area (Å²) < 4.78 is 10.3. The highest BCUT2D eigenvalue weighted by molar-refractivity contribution is 5.66. The van der Waals surface area contributed by atoms with Crippen LogP contribution in [0.5, 0.6) is 0 Å². The number of ether oxygens (including phenoxy) is 2. The van der Waals surface area contributed by atoms with Crippen molar-refractivity contribution in [3.8, 4) is 11.8 Å². The second-order valence-electron chi connectivity index (χ2n) is 3.72. The quantitative estimate of drug-likeness (QED) is 0.522. The van der Waals surface area contributed by atoms with Gasteiger partial charge in [-0.05, 0) is 6.42 Å². The highest BCUT2D eigenvalue weighted by Crippen LogP contribution is 1.98. The van der Waals surface area contributed by atoms with Crippen LogP contribution in [-0.2, 0) is 14.3 Å². The molecule has 4 heteroatoms. The van der Waals surface area contributed by atoms with Gasteiger partial charge in [0.05, 0.1) is 19.8 Å². The van der Waals surface area contributed by atoms with E-state index in [1.807, 2.05) is 6.92 Å². The van der Waals surface area contributed by atoms with Crippen molar-refractivity contribution in [2.75, 3.05) is 32.8 Å². The molecule has 4 nitrogen and oxygen atoms in total. The lowest BCUT2D eigenvalue weighted by Crippen LogP contribution is -2.36. The maximum Gasteiger partial charge on any atom is 0.303 e. The van der Waals surface area contributed by atoms with Crippen LogP contribution in [0, 0.1) is 11.8 Å². The Kier molecular flexibility index (Phi) is 5.91. The zero-order valence-corrected chi connectivity index (χ0v) is 9.99. The third-order valence-corrected chi connectivity index (χ3v) is 2.35. The number of hydrogen-bond donors (Lipinski definition) is 0. The molecule has 1 aliphatic heterocycles. The zero-order chi connectivity index (χ0) is 11.8. The third kappa shape index (κ3) is 5.15. The van der Waals surface area contributed by atoms with Crippen LogP contribution in [0.2, 0.25) is 0 Å². The van der Waals surface area contributed by atoms with Gasteiger partial charge in [-0.3, -0.25) is 9.69 Å². The molecule has 0 aromatic heterocycles. The van der Waals surface area contributed by atoms with Crippen LogP contribution in [0.1, 0.15) is 20.3 Å². The van der Waals surface area contributed by atoms with Gasteiger partial charge in [-0.1, -0.05) is 18.8 Å². The van der Waals surface area contributed by atoms with E-state index in [1.165, 1.54) is 6.92 Å². The molecule has 90 valence electrons. The highest BCUT2D eigenvalue weighted by atomic mass is 16.5. The summed E-state index contributed by atoms with van der Waals surface area (Å²) in [7, 11) is 0. The van der Waals surface area contributed by atoms with Crippen LogP contribution in [0.25, 0.3) is 0 Å². The summed E-state index contributed by atoms with van der Waals surface area (Å²) in [6.07, 6.45) is 0.467. The minimum Gasteiger partial charge on any atom is -0.449 e. The predicted molar refractivity (Wildman–Crippen MR) is 60.9 cm³/mol. The van der Waals surface area contributed by atoms with Crippen LogP contribution >= 0.6 is 0 Å². The Balaban J connectivity index is 2.30. The van der Waals surface area contributed by atoms with Crippen molar-refractivity contribution in [1.29, 1.82) is 0 Å². The van der Waals surface area contributed by atoms with E-state index in [-0.39, 0.29) is 12.1 Å². The lowest BCUT2D eigenvalue weighted by Gasteiger charge is -2.24. The van der Waals surface area contributed by atoms with Gasteiger partial charge in [0.25, 0.3) is 0 Å². The smallest absolute Gasteiger partial charge is 0.303 e. The molecule has 0 spiro atoms. The summed E-state index contributed by atoms with van der Waals surface area (Å²) in [6.45, 7) is 7.51. The van der Waals surface area contributed by atoms with Gasteiger partial charge in [0, 0.05) is 20.0 Å². The first-order chi connectivity index (χ1) is 7.72. The van der Waals surface area contributed by atoms with Gasteiger partial charge in [0.2, 0.25) is 0 Å². The topological polar surface area (TPSA) is 38.8 Å². The van der Waals surface area contributed by atoms with Gasteiger partial charge in [-0.2, -0.15) is 0 Å². The number of hydrogen-bond acceptors (Lipinski definition) is 4. The van der Waals surface area contributed by atoms with Crippen LogP contribution in [-0.4, -0.2) is 49.8 Å². The normalized spacial score (nSPS) is 18.4. The monoisotopic (exact) mass is 225 g/mol. The van der Waals surface area contributed by atoms with E-state index in [0.29, 0.717) is 0 Å². The van der Waals surface area contributed by atoms with Gasteiger partial charge in [-0.25, -0.2) is 0 Å². The summed E-state index contributed by atoms with van der Waals surface area (Å²) in [4.78, 5) is 13.0. The van der Waals surface area contributed by atoms with Gasteiger partial charge >= 0.3 is 5.97 Å². The minimum atomic E-state index is -0.271. The van der Waals surface area contributed by atoms with Gasteiger partial charge < -0.3 is 9.47 Å². The maximum atomic E-state index is 10.8. The molecule has 1 atom stereocenters. The van der Waals surface area contributed by atoms with Crippen molar-refractivity contribution in [2.45, 2.75) is 26.4 Å². The molecule has 0 bridgehead atoms. The minimum absolute atomic E-state index is 0.265. The summed E-state index contributed by atoms with van der Waals surface area (Å²) in [6, 6.07) is 0. The Morgan fingerprint density at radius 2 is 2.19 bits per heavy atom. The van der Waals surface area contributed by atoms with Gasteiger partial charge in [0.1, 0.15) is 0 Å². The van der Waals surface area contributed by atoms with E-state index in [4.69, 9.17) is 9.47 Å². The number of rotatable bonds is 3. The Morgan fingerprint density at radius 3 is 2.75 bits per heavy atom. The van der Waals surface area contributed by atoms with E-state index >= 15 is 0 Å². The molecule has 16 heavy (non-hydrogen) atoms. The molecule has 1 aliphatic rings. The second-order valence-corrected chi connectivity index (χ2v) is 3.72. The molecule has 0 aromatic rings. The lowest BCUT2D eigenvalue weighted by molar-refractivity contribution is -0.143. The fourth-order valence-electron chi connectivity index (χ4n) is 1.45. The average molecular weight is 225 g/mol. The van der Waals surface area contributed by atoms with E-state index in [1.54, 1.807) is 0 Å². The first kappa shape index (κ1) is 13.0. The maximum absolute atomic E-state index is 10.8. The predicted octanol–water partition coefficient (Wildman–Crippen LogP) is 0.664. The average Bonchev–Trinajstić information content (AvgIpc) is 2.28. The Bertz CT molecular complexity index is 274. The van der Waals surface area contributed by atoms with E-state index in [0.717, 1.165) is 39.3 Å². The Labute approximate surface area is 96.9 Å². The molecule has 0 aromatic carbocycles. The van der Waals surface area contributed by atoms with Crippen molar-refractivity contribution in [3.63, 3.8) is 0 Å². The third-order valence-electron chi connectivity index (χ3n) is 2.35. The Morgan fingerprint density at radius 1 is 1.50 bits per heavy atom. The van der Waals surface area contributed by atoms with E-state index < -0.39 is 0 Å². The van der Waals surface area contributed by atoms with E-state index in [9.17, 15) is 4.79 Å². The largest absolute Gasteiger partial charge is 0.449 e. The Hall–Kier alpha value is -1.05. The number of esters is 1. The van der Waals surface area contributed by atoms with Gasteiger partial charge in [0.15, 0.2) is 6.10 Å². The van der Waals surface area contributed by atoms with Crippen LogP contribution < -0.4 is 0 Å². The molecular formula is C12H19NO3. The van der Waals surface area contributed by atoms with Crippen LogP contribution in [0.15, 0.2) is 0 Å². The van der Waals surface area contributed by atoms with Crippen molar-refractivity contribution in [1.82, 2.24) is 4.90 Å². The summed E-state index contributed by atoms with van der Waals surface area (Å²) >= 11 is 0. The van der Waals surface area contributed by atoms with Crippen molar-refractivity contribution in [3.05, 3.63) is 0 Å². The highest BCUT2D eigenvalue weighted by Gasteiger charge is 2.08. The summed E-state index contributed by atoms with van der Waals surface area (Å²) in [5.74, 6) is 5.76. The first-order valence-corrected chi connectivity index (χ1v) is 5.68. The number of morpholine rings is 1. The first-order valence-electron chi connectivity index (χ1n) is 5.68. The zero-order valence-electron chi connectivity index (χ0n) is 9.99. The SMILES string of the molecule is CCC(C#CCN1CCOCC1)OC(C)=O. The standard InChI is InChI=1S/C12H19NO3/c1-3-12(16-11(2)14)5-4-6-13-7-9-15-10-8-13/h12H,3,6-10H2,1-2H3. The molecule has 1 fully saturated rings. The van der Waals surface area contributed by atoms with E-state index in [2.05, 4.69) is 16.7 Å². The summed E-state index contributed by atoms with van der Waals surface area (Å²) in [5, 5.41) is 0. The second kappa shape index (κ2) is 7.26. The van der Waals surface area contributed by atoms with Crippen LogP contribution in [0.3, 0.4) is 0 Å². The number of carbonyl (C=O) groups excluding carboxylic acids is 1. The molecule has 1 saturated heterocycles. The molecular weight excluding hydrogens is 206 g/mol. The van der Waals surface area contributed by atoms with Crippen LogP contribution in [0.4, 0.5) is 0 Å². The lowest BCUT2D eigenvalue weighted by atomic mass is 10.3. The van der Waals surface area contributed by atoms with Gasteiger partial charge in [-0.15, -0.1) is 0 Å². The van der Waals surface area contributed by atoms with Crippen molar-refractivity contribution >= 4 is 5.97 Å². The molecule has 1 unspecified atom stereocenters. The summed E-state index contributed by atoms with van der Waals surface area (Å²) in [5.41, 5.74) is 0. The molecule has 0 N–H and O–H groups in total. The number of carbonyl (C=O) groups is 1. The number of nitrogens with zero attached hydrogens (tertiary/aromatic N) is 1. The molecule has 1 heterocycles. The molecule has 0 aliphatic carbocycles. The van der Waals surface area contributed by atoms with Crippen molar-refractivity contribution < 1.29 is 14.3 Å². The molecule has 1 rings (SSSR count). The fourth-order valence-corrected chi connectivity index (χ4v) is 1.45. The molecule has 0 radical (unpaired) electrons. The molecule has 0 amide bonds. The fraction of sp³-hybridized carbons (Fsp3) is 0.750. The van der Waals surface area contributed by atoms with Crippen molar-refractivity contribution in [2.24, 2.45) is 0 Å².